The van der Waals surface area contributed by atoms with Crippen molar-refractivity contribution >= 4 is 83.7 Å². The molecule has 2 heterocycles. The van der Waals surface area contributed by atoms with Crippen LogP contribution in [-0.4, -0.2) is 169 Å². The Kier molecular flexibility index (Phi) is 33.8. The van der Waals surface area contributed by atoms with Gasteiger partial charge in [-0.2, -0.15) is 0 Å². The normalized spacial score (nSPS) is 25.6. The highest BCUT2D eigenvalue weighted by atomic mass is 32.2. The van der Waals surface area contributed by atoms with Crippen molar-refractivity contribution in [1.29, 1.82) is 0 Å². The van der Waals surface area contributed by atoms with Crippen LogP contribution in [0.4, 0.5) is 0 Å². The van der Waals surface area contributed by atoms with Gasteiger partial charge in [-0.05, 0) is 115 Å². The molecular weight excluding hydrogens is 1200 g/mol. The molecule has 0 aliphatic carbocycles. The van der Waals surface area contributed by atoms with Crippen molar-refractivity contribution in [2.24, 2.45) is 5.92 Å². The summed E-state index contributed by atoms with van der Waals surface area (Å²) in [5.74, 6) is 1.25. The zero-order valence-electron chi connectivity index (χ0n) is 58.8. The van der Waals surface area contributed by atoms with Crippen LogP contribution in [-0.2, 0) is 55.1 Å². The quantitative estimate of drug-likeness (QED) is 0.0876. The van der Waals surface area contributed by atoms with E-state index in [1.807, 2.05) is 0 Å². The second kappa shape index (κ2) is 32.6. The molecule has 0 bridgehead atoms. The zero-order valence-corrected chi connectivity index (χ0v) is 66.4. The van der Waals surface area contributed by atoms with Crippen molar-refractivity contribution < 1.29 is 65.3 Å². The average molecular weight is 1340 g/mol. The average Bonchev–Trinajstić information content (AvgIpc) is 3.26. The van der Waals surface area contributed by atoms with Gasteiger partial charge in [0.15, 0.2) is 72.7 Å². The molecule has 2 N–H and O–H groups in total. The molecule has 2 aliphatic heterocycles. The standard InChI is InChI=1S/C31H66O6SSi3.C29H62O8SSi3.2CH4/c1-19-22(2)20-33-28-27(37-41(17,18)31(10,11)12)26(36-40(15,16)30(7,8)9)25(24(34-28)21-38-23(3)32)35-39(13,14)29(4,5)6;1-20(31)38-19-22-23(35-39(11,12)27(2,3)4)24(36-40(13,14)28(5,6)7)25(37-41(15,16)29(8,9)10)26(34-22)33-18-21(32)17-30;;/h22,24-28H,19-21H2,1-18H3;21-26,30,32H,17-19H2,1-16H3;2*1H4. The van der Waals surface area contributed by atoms with Crippen LogP contribution in [0.1, 0.15) is 174 Å². The predicted octanol–water partition coefficient (Wildman–Crippen LogP) is 17.0. The fourth-order valence-electron chi connectivity index (χ4n) is 7.23. The molecule has 2 aliphatic rings. The van der Waals surface area contributed by atoms with Crippen molar-refractivity contribution in [2.75, 3.05) is 31.3 Å². The number of carbonyl (C=O) groups excluding carboxylic acids is 2. The Morgan fingerprint density at radius 2 is 0.667 bits per heavy atom. The number of ether oxygens (including phenoxy) is 4. The molecule has 14 nitrogen and oxygen atoms in total. The summed E-state index contributed by atoms with van der Waals surface area (Å²) in [6.45, 7) is 74.7. The molecule has 0 spiro atoms. The van der Waals surface area contributed by atoms with Gasteiger partial charge in [-0.15, -0.1) is 0 Å². The highest BCUT2D eigenvalue weighted by Crippen LogP contribution is 2.49. The Hall–Kier alpha value is 0.861. The number of thioether (sulfide) groups is 2. The van der Waals surface area contributed by atoms with Crippen LogP contribution in [0.3, 0.4) is 0 Å². The molecule has 84 heavy (non-hydrogen) atoms. The van der Waals surface area contributed by atoms with Gasteiger partial charge in [0.2, 0.25) is 0 Å². The third-order valence-electron chi connectivity index (χ3n) is 19.4. The van der Waals surface area contributed by atoms with Gasteiger partial charge in [-0.1, -0.05) is 183 Å². The van der Waals surface area contributed by atoms with Gasteiger partial charge in [0, 0.05) is 25.4 Å². The van der Waals surface area contributed by atoms with Crippen molar-refractivity contribution in [3.05, 3.63) is 0 Å². The van der Waals surface area contributed by atoms with E-state index in [4.69, 9.17) is 45.5 Å². The minimum absolute atomic E-state index is 0. The lowest BCUT2D eigenvalue weighted by Crippen LogP contribution is -2.68. The van der Waals surface area contributed by atoms with Gasteiger partial charge in [0.25, 0.3) is 0 Å². The molecule has 12 unspecified atom stereocenters. The SMILES string of the molecule is C.C.CC(=O)SCC1OC(OCC(O)CO)C(O[Si](C)(C)C(C)(C)C)C(O[Si](C)(C)C(C)(C)C)C1O[Si](C)(C)C(C)(C)C.CCC(C)COC1OC(CSC(C)=O)C(O[Si](C)(C)C(C)(C)C)C(O[Si](C)(C)C(C)(C)C)C1O[Si](C)(C)C(C)(C)C. The van der Waals surface area contributed by atoms with Gasteiger partial charge in [-0.3, -0.25) is 9.59 Å². The first-order valence-electron chi connectivity index (χ1n) is 30.5. The maximum atomic E-state index is 12.2. The smallest absolute Gasteiger partial charge is 0.192 e. The van der Waals surface area contributed by atoms with Crippen LogP contribution in [0.15, 0.2) is 0 Å². The number of carbonyl (C=O) groups is 2. The van der Waals surface area contributed by atoms with Crippen molar-refractivity contribution in [3.63, 3.8) is 0 Å². The van der Waals surface area contributed by atoms with E-state index in [9.17, 15) is 19.8 Å². The number of hydrogen-bond acceptors (Lipinski definition) is 16. The van der Waals surface area contributed by atoms with Crippen LogP contribution in [0.2, 0.25) is 109 Å². The summed E-state index contributed by atoms with van der Waals surface area (Å²) in [7, 11) is -13.9. The molecule has 22 heteroatoms. The Morgan fingerprint density at radius 3 is 0.881 bits per heavy atom. The molecule has 2 rings (SSSR count). The Labute approximate surface area is 532 Å². The van der Waals surface area contributed by atoms with Crippen LogP contribution >= 0.6 is 23.5 Å². The summed E-state index contributed by atoms with van der Waals surface area (Å²) in [6.07, 6.45) is -5.26. The molecule has 0 radical (unpaired) electrons. The van der Waals surface area contributed by atoms with E-state index < -0.39 is 106 Å². The summed E-state index contributed by atoms with van der Waals surface area (Å²) in [6, 6.07) is 0. The fourth-order valence-corrected chi connectivity index (χ4v) is 16.4. The molecule has 0 amide bonds. The van der Waals surface area contributed by atoms with E-state index in [1.54, 1.807) is 13.8 Å². The largest absolute Gasteiger partial charge is 0.409 e. The third kappa shape index (κ3) is 25.1. The highest BCUT2D eigenvalue weighted by molar-refractivity contribution is 8.13. The molecular formula is C62H136O14S2Si6. The molecule has 0 aromatic carbocycles. The van der Waals surface area contributed by atoms with E-state index in [1.165, 1.54) is 23.5 Å². The van der Waals surface area contributed by atoms with Gasteiger partial charge in [-0.25, -0.2) is 0 Å². The summed E-state index contributed by atoms with van der Waals surface area (Å²) >= 11 is 2.49. The lowest BCUT2D eigenvalue weighted by Gasteiger charge is -2.54. The number of aliphatic hydroxyl groups is 2. The summed E-state index contributed by atoms with van der Waals surface area (Å²) in [5, 5.41) is 19.5. The Bertz CT molecular complexity index is 1830. The van der Waals surface area contributed by atoms with Gasteiger partial charge in [0.05, 0.1) is 44.2 Å². The van der Waals surface area contributed by atoms with Crippen molar-refractivity contribution in [3.8, 4) is 0 Å². The predicted molar refractivity (Wildman–Crippen MR) is 374 cm³/mol. The monoisotopic (exact) mass is 1340 g/mol. The number of rotatable bonds is 24. The third-order valence-corrected chi connectivity index (χ3v) is 48.1. The minimum Gasteiger partial charge on any atom is -0.409 e. The van der Waals surface area contributed by atoms with Crippen LogP contribution in [0.5, 0.6) is 0 Å². The molecule has 0 saturated carbocycles. The zero-order chi connectivity index (χ0) is 64.8. The minimum atomic E-state index is -2.38. The fraction of sp³-hybridized carbons (Fsp3) is 0.968. The second-order valence-electron chi connectivity index (χ2n) is 32.8. The molecule has 2 saturated heterocycles. The van der Waals surface area contributed by atoms with E-state index >= 15 is 0 Å². The number of hydrogen-bond donors (Lipinski definition) is 2. The molecule has 2 fully saturated rings. The van der Waals surface area contributed by atoms with Gasteiger partial charge in [0.1, 0.15) is 30.5 Å². The van der Waals surface area contributed by atoms with Crippen LogP contribution in [0, 0.1) is 5.92 Å². The summed E-state index contributed by atoms with van der Waals surface area (Å²) in [5.41, 5.74) is 0. The molecule has 0 aromatic heterocycles. The van der Waals surface area contributed by atoms with E-state index in [0.29, 0.717) is 24.0 Å². The highest BCUT2D eigenvalue weighted by Gasteiger charge is 2.59. The maximum Gasteiger partial charge on any atom is 0.192 e. The molecule has 0 aromatic rings. The van der Waals surface area contributed by atoms with Crippen molar-refractivity contribution in [2.45, 2.75) is 350 Å². The summed E-state index contributed by atoms with van der Waals surface area (Å²) < 4.78 is 69.6. The Morgan fingerprint density at radius 1 is 0.440 bits per heavy atom. The van der Waals surface area contributed by atoms with E-state index in [2.05, 4.69) is 217 Å². The lowest BCUT2D eigenvalue weighted by atomic mass is 10.00. The summed E-state index contributed by atoms with van der Waals surface area (Å²) in [4.78, 5) is 24.3. The van der Waals surface area contributed by atoms with E-state index in [-0.39, 0.29) is 80.2 Å². The topological polar surface area (TPSA) is 167 Å². The lowest BCUT2D eigenvalue weighted by molar-refractivity contribution is -0.287. The van der Waals surface area contributed by atoms with Crippen molar-refractivity contribution in [1.82, 2.24) is 0 Å². The maximum absolute atomic E-state index is 12.2. The first kappa shape index (κ1) is 86.9. The molecule has 504 valence electrons. The number of aliphatic hydroxyl groups excluding tert-OH is 2. The van der Waals surface area contributed by atoms with Crippen LogP contribution in [0.25, 0.3) is 0 Å². The first-order valence-corrected chi connectivity index (χ1v) is 49.9. The van der Waals surface area contributed by atoms with E-state index in [0.717, 1.165) is 6.42 Å². The molecule has 12 atom stereocenters. The van der Waals surface area contributed by atoms with Crippen LogP contribution < -0.4 is 0 Å². The van der Waals surface area contributed by atoms with Gasteiger partial charge >= 0.3 is 0 Å². The van der Waals surface area contributed by atoms with Gasteiger partial charge < -0.3 is 55.7 Å². The first-order chi connectivity index (χ1) is 36.3. The second-order valence-corrected chi connectivity index (χ2v) is 63.7. The Balaban J connectivity index is 0.